The number of imide groups is 1. The summed E-state index contributed by atoms with van der Waals surface area (Å²) in [5.74, 6) is -1.76. The van der Waals surface area contributed by atoms with Crippen molar-refractivity contribution in [1.82, 2.24) is 10.4 Å². The third kappa shape index (κ3) is 55.2. The number of nitrogens with zero attached hydrogens (tertiary/aromatic N) is 3. The van der Waals surface area contributed by atoms with Gasteiger partial charge in [0, 0.05) is 115 Å². The van der Waals surface area contributed by atoms with Gasteiger partial charge in [0.1, 0.15) is 11.4 Å². The summed E-state index contributed by atoms with van der Waals surface area (Å²) in [4.78, 5) is 56.3. The minimum absolute atomic E-state index is 0.0126. The molecule has 3 aliphatic heterocycles. The minimum Gasteiger partial charge on any atom is -0.382 e. The van der Waals surface area contributed by atoms with Gasteiger partial charge in [0.25, 0.3) is 32.1 Å². The molecule has 3 aromatic carbocycles. The van der Waals surface area contributed by atoms with E-state index in [1.54, 1.807) is 13.2 Å². The zero-order valence-electron chi connectivity index (χ0n) is 84.3. The molecule has 0 bridgehead atoms. The van der Waals surface area contributed by atoms with E-state index >= 15 is 0 Å². The molecule has 1 fully saturated rings. The number of carbonyl (C=O) groups excluding carboxylic acids is 4. The molecule has 49 heteroatoms. The summed E-state index contributed by atoms with van der Waals surface area (Å²) in [5.41, 5.74) is 2.94. The Labute approximate surface area is 860 Å². The van der Waals surface area contributed by atoms with Gasteiger partial charge in [-0.2, -0.15) is 21.4 Å². The summed E-state index contributed by atoms with van der Waals surface area (Å²) in [6, 6.07) is 10.8. The zero-order chi connectivity index (χ0) is 104. The van der Waals surface area contributed by atoms with Crippen LogP contribution in [0, 0.1) is 0 Å². The fourth-order valence-electron chi connectivity index (χ4n) is 14.9. The van der Waals surface area contributed by atoms with Crippen LogP contribution in [0.1, 0.15) is 109 Å². The van der Waals surface area contributed by atoms with E-state index in [2.05, 4.69) is 38.2 Å². The molecule has 0 spiro atoms. The number of carbonyl (C=O) groups is 4. The average molecular weight is 2150 g/mol. The summed E-state index contributed by atoms with van der Waals surface area (Å²) in [6.45, 7) is 28.9. The molecule has 1 unspecified atom stereocenters. The monoisotopic (exact) mass is 2150 g/mol. The predicted octanol–water partition coefficient (Wildman–Crippen LogP) is 8.63. The number of fused-ring (bicyclic) bond motifs is 4. The number of amides is 3. The Bertz CT molecular complexity index is 4340. The number of rotatable bonds is 99. The molecule has 3 amide bonds. The van der Waals surface area contributed by atoms with Gasteiger partial charge in [-0.25, -0.2) is 15.3 Å². The van der Waals surface area contributed by atoms with Crippen LogP contribution in [0.3, 0.4) is 0 Å². The highest BCUT2D eigenvalue weighted by Gasteiger charge is 2.47. The molecule has 145 heavy (non-hydrogen) atoms. The number of ether oxygens (including phenoxy) is 24. The van der Waals surface area contributed by atoms with Crippen LogP contribution in [-0.4, -0.2) is 419 Å². The van der Waals surface area contributed by atoms with Crippen LogP contribution in [0.2, 0.25) is 0 Å². The van der Waals surface area contributed by atoms with Gasteiger partial charge in [-0.15, -0.1) is 13.7 Å². The van der Waals surface area contributed by atoms with Gasteiger partial charge >= 0.3 is 5.97 Å². The molecule has 828 valence electrons. The van der Waals surface area contributed by atoms with Gasteiger partial charge in [-0.1, -0.05) is 47.2 Å². The Morgan fingerprint density at radius 3 is 1.24 bits per heavy atom. The number of nitrogens with one attached hydrogen (secondary N) is 1. The second kappa shape index (κ2) is 80.8. The first-order valence-electron chi connectivity index (χ1n) is 49.2. The van der Waals surface area contributed by atoms with Crippen molar-refractivity contribution in [2.75, 3.05) is 348 Å². The molecule has 0 aromatic heterocycles. The molecule has 3 heterocycles. The number of unbranched alkanes of at least 4 members (excludes halogenated alkanes) is 4. The van der Waals surface area contributed by atoms with Crippen molar-refractivity contribution in [1.29, 1.82) is 0 Å². The fourth-order valence-corrected chi connectivity index (χ4v) is 17.0. The third-order valence-electron chi connectivity index (χ3n) is 22.0. The molecule has 3 aliphatic rings. The third-order valence-corrected chi connectivity index (χ3v) is 24.9. The summed E-state index contributed by atoms with van der Waals surface area (Å²) >= 11 is 1.69. The van der Waals surface area contributed by atoms with Crippen LogP contribution in [-0.2, 0) is 188 Å². The number of hydrogen-bond acceptors (Lipinski definition) is 42. The molecule has 45 nitrogen and oxygen atoms in total. The van der Waals surface area contributed by atoms with E-state index < -0.39 is 58.6 Å². The maximum absolute atomic E-state index is 13.0. The standard InChI is InChI=1S/C96H154N4O41S4/c1-95(2)84-77-80(143-141-139-106)19-21-85(84)98(88(95)15-8-5-9-16-89-96(3,25-12-6-11-18-93(104)137-100-91(102)23-24-92(100)103)94-83-78-81(144(107,108)109)79-87(145(110,111)112)82(83)20-22-86(94)99(89)28-14-76-142-140-138-105)27-13-7-10-17-90(101)97-26-29-114-32-33-116-36-37-118-40-41-120-44-45-122-48-49-124-52-53-126-56-57-128-60-61-130-64-65-132-68-69-134-72-73-136-75-74-135-71-70-133-67-66-131-63-62-129-59-58-127-55-54-125-51-50-123-47-46-121-43-42-119-39-38-117-35-34-115-31-30-113-4/h5,8-9,15-16,19-22,77-79H,6-7,10-14,17-18,23-76H2,1-4H3,(H4-,97,101,105,106,107,108,109,110,111,112)/p+1. The smallest absolute Gasteiger partial charge is 0.333 e. The first-order chi connectivity index (χ1) is 70.7. The molecule has 3 aromatic rings. The molecule has 0 saturated carbocycles. The van der Waals surface area contributed by atoms with Crippen LogP contribution < -0.4 is 10.2 Å². The maximum Gasteiger partial charge on any atom is 0.333 e. The topological polar surface area (TPSA) is 507 Å². The van der Waals surface area contributed by atoms with Crippen LogP contribution in [0.5, 0.6) is 0 Å². The Morgan fingerprint density at radius 1 is 0.441 bits per heavy atom. The van der Waals surface area contributed by atoms with Crippen LogP contribution >= 0.6 is 24.1 Å². The Hall–Kier alpha value is -5.99. The van der Waals surface area contributed by atoms with Crippen molar-refractivity contribution < 1.29 is 197 Å². The number of hydrogen-bond donors (Lipinski definition) is 5. The number of anilines is 1. The SMILES string of the molecule is COCCOCCOCCOCCOCCOCCOCCOCCOCCOCCOCCOCCOCCOCCOCCOCCOCCOCCOCCOCCOCCOCCOCCOCCNC(=O)CCCCC[N+]1=C(C=CC=CC=C2N(CCCSOOO)c3ccc4c(S(=O)(=O)O)cc(S(=O)(=O)O)cc4c3C2(C)CCCCCC(=O)ON2C(=O)CCC2=O)C(C)(C)c2cc(SOOO)ccc21. The minimum atomic E-state index is -5.08. The van der Waals surface area contributed by atoms with Crippen LogP contribution in [0.15, 0.2) is 93.2 Å². The molecule has 0 radical (unpaired) electrons. The summed E-state index contributed by atoms with van der Waals surface area (Å²) < 4.78 is 217. The lowest BCUT2D eigenvalue weighted by Gasteiger charge is -2.31. The molecule has 0 aliphatic carbocycles. The lowest BCUT2D eigenvalue weighted by molar-refractivity contribution is -0.438. The van der Waals surface area contributed by atoms with Gasteiger partial charge in [-0.3, -0.25) is 23.5 Å². The van der Waals surface area contributed by atoms with E-state index in [9.17, 15) is 45.1 Å². The van der Waals surface area contributed by atoms with E-state index in [4.69, 9.17) is 133 Å². The molecule has 5 N–H and O–H groups in total. The highest BCUT2D eigenvalue weighted by molar-refractivity contribution is 7.94. The first kappa shape index (κ1) is 128. The molecule has 6 rings (SSSR count). The second-order valence-electron chi connectivity index (χ2n) is 32.9. The first-order valence-corrected chi connectivity index (χ1v) is 53.7. The molecule has 1 atom stereocenters. The zero-order valence-corrected chi connectivity index (χ0v) is 87.6. The Kier molecular flexibility index (Phi) is 71.2. The number of methoxy groups -OCH3 is 1. The van der Waals surface area contributed by atoms with Gasteiger partial charge in [0.15, 0.2) is 5.71 Å². The van der Waals surface area contributed by atoms with Crippen molar-refractivity contribution in [3.05, 3.63) is 89.7 Å². The lowest BCUT2D eigenvalue weighted by Crippen LogP contribution is -2.32. The molecule has 1 saturated heterocycles. The molecular formula is C96H155N4O41S4+. The molecular weight excluding hydrogens is 1990 g/mol. The van der Waals surface area contributed by atoms with Crippen molar-refractivity contribution in [2.45, 2.75) is 123 Å². The Balaban J connectivity index is 0.700. The van der Waals surface area contributed by atoms with Gasteiger partial charge in [-0.05, 0) is 100 Å². The van der Waals surface area contributed by atoms with Crippen molar-refractivity contribution in [3.8, 4) is 0 Å². The summed E-state index contributed by atoms with van der Waals surface area (Å²) in [5, 5.41) is 29.1. The van der Waals surface area contributed by atoms with Gasteiger partial charge in [0.05, 0.1) is 333 Å². The van der Waals surface area contributed by atoms with E-state index in [0.29, 0.717) is 407 Å². The quantitative estimate of drug-likeness (QED) is 0.00515. The summed E-state index contributed by atoms with van der Waals surface area (Å²) in [6.07, 6.45) is 13.5. The predicted molar refractivity (Wildman–Crippen MR) is 529 cm³/mol. The fraction of sp³-hybridized carbons (Fsp3) is 0.719. The summed E-state index contributed by atoms with van der Waals surface area (Å²) in [7, 11) is -8.49. The van der Waals surface area contributed by atoms with Gasteiger partial charge in [0.2, 0.25) is 11.6 Å². The highest BCUT2D eigenvalue weighted by Crippen LogP contribution is 2.55. The van der Waals surface area contributed by atoms with Gasteiger partial charge < -0.3 is 129 Å². The normalized spacial score (nSPS) is 15.2. The van der Waals surface area contributed by atoms with Crippen LogP contribution in [0.25, 0.3) is 10.8 Å². The van der Waals surface area contributed by atoms with Crippen molar-refractivity contribution >= 4 is 95.9 Å². The highest BCUT2D eigenvalue weighted by atomic mass is 32.2. The lowest BCUT2D eigenvalue weighted by atomic mass is 9.75. The van der Waals surface area contributed by atoms with Crippen LogP contribution in [0.4, 0.5) is 11.4 Å². The largest absolute Gasteiger partial charge is 0.382 e. The van der Waals surface area contributed by atoms with E-state index in [-0.39, 0.29) is 42.4 Å². The van der Waals surface area contributed by atoms with Crippen molar-refractivity contribution in [2.24, 2.45) is 0 Å². The number of allylic oxidation sites excluding steroid dienone is 6. The van der Waals surface area contributed by atoms with Crippen molar-refractivity contribution in [3.63, 3.8) is 0 Å². The number of hydroxylamine groups is 2. The Morgan fingerprint density at radius 2 is 0.841 bits per heavy atom. The number of benzene rings is 3. The second-order valence-corrected chi connectivity index (χ2v) is 37.3. The maximum atomic E-state index is 13.0. The van der Waals surface area contributed by atoms with E-state index in [1.165, 1.54) is 12.1 Å². The van der Waals surface area contributed by atoms with E-state index in [1.807, 2.05) is 60.4 Å². The average Bonchev–Trinajstić information content (AvgIpc) is 1.56. The van der Waals surface area contributed by atoms with E-state index in [0.717, 1.165) is 53.9 Å².